The monoisotopic (exact) mass is 505 g/mol. The summed E-state index contributed by atoms with van der Waals surface area (Å²) in [6.45, 7) is 1.69. The lowest BCUT2D eigenvalue weighted by Gasteiger charge is -2.32. The van der Waals surface area contributed by atoms with Gasteiger partial charge < -0.3 is 34.4 Å². The molecule has 15 heteroatoms. The Kier molecular flexibility index (Phi) is 6.67. The SMILES string of the molecule is C#C[C@]1(CN(CCN(C)Cc2oc(=O)oc2C)C(=O)O)O[C@@H](n2cnc3c(N)nc(F)nc32)C[C@@H]1O. The highest BCUT2D eigenvalue weighted by atomic mass is 19.1. The molecule has 1 aliphatic heterocycles. The topological polar surface area (TPSA) is 186 Å². The van der Waals surface area contributed by atoms with Crippen molar-refractivity contribution in [2.24, 2.45) is 0 Å². The highest BCUT2D eigenvalue weighted by Crippen LogP contribution is 2.38. The van der Waals surface area contributed by atoms with E-state index in [-0.39, 0.29) is 49.6 Å². The van der Waals surface area contributed by atoms with E-state index in [0.29, 0.717) is 11.5 Å². The van der Waals surface area contributed by atoms with Gasteiger partial charge in [0, 0.05) is 19.5 Å². The molecule has 4 heterocycles. The average molecular weight is 505 g/mol. The van der Waals surface area contributed by atoms with E-state index in [1.807, 2.05) is 0 Å². The molecule has 0 radical (unpaired) electrons. The maximum Gasteiger partial charge on any atom is 0.519 e. The van der Waals surface area contributed by atoms with Gasteiger partial charge in [0.1, 0.15) is 18.1 Å². The van der Waals surface area contributed by atoms with Gasteiger partial charge in [0.2, 0.25) is 0 Å². The number of aliphatic hydroxyl groups excluding tert-OH is 1. The lowest BCUT2D eigenvalue weighted by Crippen LogP contribution is -2.51. The maximum absolute atomic E-state index is 13.7. The second-order valence-corrected chi connectivity index (χ2v) is 8.44. The third-order valence-electron chi connectivity index (χ3n) is 5.98. The van der Waals surface area contributed by atoms with E-state index in [4.69, 9.17) is 25.7 Å². The summed E-state index contributed by atoms with van der Waals surface area (Å²) >= 11 is 0. The largest absolute Gasteiger partial charge is 0.519 e. The zero-order valence-electron chi connectivity index (χ0n) is 19.4. The quantitative estimate of drug-likeness (QED) is 0.279. The number of aliphatic hydroxyl groups is 1. The molecule has 0 bridgehead atoms. The van der Waals surface area contributed by atoms with Crippen LogP contribution in [0.2, 0.25) is 0 Å². The van der Waals surface area contributed by atoms with Crippen LogP contribution in [-0.4, -0.2) is 84.0 Å². The van der Waals surface area contributed by atoms with Crippen molar-refractivity contribution in [3.63, 3.8) is 0 Å². The number of anilines is 1. The van der Waals surface area contributed by atoms with Crippen molar-refractivity contribution in [2.45, 2.75) is 37.8 Å². The van der Waals surface area contributed by atoms with Crippen LogP contribution in [0.5, 0.6) is 0 Å². The number of carboxylic acid groups (broad SMARTS) is 1. The fraction of sp³-hybridized carbons (Fsp3) is 0.476. The van der Waals surface area contributed by atoms with E-state index >= 15 is 0 Å². The summed E-state index contributed by atoms with van der Waals surface area (Å²) in [5, 5.41) is 20.6. The predicted molar refractivity (Wildman–Crippen MR) is 120 cm³/mol. The molecule has 1 fully saturated rings. The summed E-state index contributed by atoms with van der Waals surface area (Å²) in [6, 6.07) is 0. The number of likely N-dealkylation sites (N-methyl/N-ethyl adjacent to an activating group) is 1. The van der Waals surface area contributed by atoms with E-state index in [0.717, 1.165) is 4.90 Å². The second-order valence-electron chi connectivity index (χ2n) is 8.44. The predicted octanol–water partition coefficient (Wildman–Crippen LogP) is 0.166. The number of carbonyl (C=O) groups is 1. The van der Waals surface area contributed by atoms with Crippen LogP contribution < -0.4 is 11.6 Å². The average Bonchev–Trinajstić information content (AvgIpc) is 3.46. The minimum atomic E-state index is -1.69. The Morgan fingerprint density at radius 1 is 1.42 bits per heavy atom. The van der Waals surface area contributed by atoms with Crippen molar-refractivity contribution >= 4 is 23.1 Å². The Labute approximate surface area is 203 Å². The summed E-state index contributed by atoms with van der Waals surface area (Å²) in [5.41, 5.74) is 4.20. The first-order valence-corrected chi connectivity index (χ1v) is 10.8. The highest BCUT2D eigenvalue weighted by Gasteiger charge is 2.49. The van der Waals surface area contributed by atoms with Crippen LogP contribution in [0.15, 0.2) is 20.0 Å². The number of nitrogen functional groups attached to an aromatic ring is 1. The second kappa shape index (κ2) is 9.57. The van der Waals surface area contributed by atoms with Gasteiger partial charge in [-0.2, -0.15) is 14.4 Å². The first-order valence-electron chi connectivity index (χ1n) is 10.8. The Morgan fingerprint density at radius 2 is 2.17 bits per heavy atom. The van der Waals surface area contributed by atoms with Crippen molar-refractivity contribution in [1.82, 2.24) is 29.3 Å². The number of terminal acetylenes is 1. The van der Waals surface area contributed by atoms with Gasteiger partial charge in [-0.1, -0.05) is 5.92 Å². The Morgan fingerprint density at radius 3 is 2.81 bits per heavy atom. The molecule has 0 aliphatic carbocycles. The Balaban J connectivity index is 1.48. The number of imidazole rings is 1. The van der Waals surface area contributed by atoms with Gasteiger partial charge in [-0.05, 0) is 14.0 Å². The number of nitrogens with two attached hydrogens (primary N) is 1. The van der Waals surface area contributed by atoms with Gasteiger partial charge in [-0.3, -0.25) is 9.47 Å². The molecule has 3 aromatic rings. The Bertz CT molecular complexity index is 1380. The van der Waals surface area contributed by atoms with Gasteiger partial charge in [-0.25, -0.2) is 14.6 Å². The van der Waals surface area contributed by atoms with Crippen LogP contribution in [0.3, 0.4) is 0 Å². The molecular weight excluding hydrogens is 481 g/mol. The van der Waals surface area contributed by atoms with Gasteiger partial charge in [0.15, 0.2) is 28.3 Å². The number of ether oxygens (including phenoxy) is 1. The molecule has 3 aromatic heterocycles. The normalized spacial score (nSPS) is 21.8. The van der Waals surface area contributed by atoms with Crippen molar-refractivity contribution in [3.8, 4) is 12.3 Å². The van der Waals surface area contributed by atoms with E-state index in [1.54, 1.807) is 18.9 Å². The first-order chi connectivity index (χ1) is 17.0. The van der Waals surface area contributed by atoms with Crippen LogP contribution in [0.4, 0.5) is 15.0 Å². The van der Waals surface area contributed by atoms with Gasteiger partial charge in [0.05, 0.1) is 19.4 Å². The lowest BCUT2D eigenvalue weighted by molar-refractivity contribution is -0.0761. The van der Waals surface area contributed by atoms with Gasteiger partial charge >= 0.3 is 18.0 Å². The fourth-order valence-corrected chi connectivity index (χ4v) is 4.02. The fourth-order valence-electron chi connectivity index (χ4n) is 4.02. The van der Waals surface area contributed by atoms with E-state index in [9.17, 15) is 24.2 Å². The number of aromatic nitrogens is 4. The summed E-state index contributed by atoms with van der Waals surface area (Å²) in [5.74, 6) is 2.08. The molecule has 1 amide bonds. The zero-order chi connectivity index (χ0) is 26.2. The van der Waals surface area contributed by atoms with E-state index in [1.165, 1.54) is 10.9 Å². The van der Waals surface area contributed by atoms with Crippen LogP contribution in [0.25, 0.3) is 11.2 Å². The number of rotatable bonds is 8. The summed E-state index contributed by atoms with van der Waals surface area (Å²) in [7, 11) is 1.71. The number of nitrogens with zero attached hydrogens (tertiary/aromatic N) is 6. The molecule has 0 aromatic carbocycles. The first kappa shape index (κ1) is 25.1. The molecule has 3 atom stereocenters. The molecule has 1 saturated heterocycles. The van der Waals surface area contributed by atoms with Gasteiger partial charge in [-0.15, -0.1) is 6.42 Å². The zero-order valence-corrected chi connectivity index (χ0v) is 19.4. The third kappa shape index (κ3) is 4.73. The Hall–Kier alpha value is -4.00. The standard InChI is InChI=1S/C21H24FN7O7/c1-4-21(9-28(19(31)32)6-5-27(3)8-12-11(2)34-20(33)35-12)13(30)7-14(36-21)29-10-24-15-16(23)25-18(22)26-17(15)29/h1,10,13-14,30H,5-9H2,2-3H3,(H,31,32)(H2,23,25,26)/t13-,14+,21+/m0/s1. The molecule has 14 nitrogen and oxygen atoms in total. The number of aryl methyl sites for hydroxylation is 1. The molecule has 0 saturated carbocycles. The van der Waals surface area contributed by atoms with Crippen molar-refractivity contribution < 1.29 is 33.0 Å². The van der Waals surface area contributed by atoms with Gasteiger partial charge in [0.25, 0.3) is 0 Å². The lowest BCUT2D eigenvalue weighted by atomic mass is 9.97. The molecule has 4 N–H and O–H groups in total. The molecule has 0 spiro atoms. The molecular formula is C21H24FN7O7. The minimum absolute atomic E-state index is 0.000116. The molecule has 192 valence electrons. The van der Waals surface area contributed by atoms with E-state index in [2.05, 4.69) is 20.9 Å². The number of halogens is 1. The van der Waals surface area contributed by atoms with Crippen molar-refractivity contribution in [2.75, 3.05) is 32.4 Å². The van der Waals surface area contributed by atoms with Crippen LogP contribution in [0, 0.1) is 25.3 Å². The molecule has 1 aliphatic rings. The smallest absolute Gasteiger partial charge is 0.465 e. The maximum atomic E-state index is 13.7. The molecule has 0 unspecified atom stereocenters. The summed E-state index contributed by atoms with van der Waals surface area (Å²) < 4.78 is 30.9. The van der Waals surface area contributed by atoms with Crippen LogP contribution in [0.1, 0.15) is 24.2 Å². The number of hydrogen-bond donors (Lipinski definition) is 3. The number of amides is 1. The summed E-state index contributed by atoms with van der Waals surface area (Å²) in [4.78, 5) is 37.2. The van der Waals surface area contributed by atoms with Crippen LogP contribution >= 0.6 is 0 Å². The van der Waals surface area contributed by atoms with Crippen molar-refractivity contribution in [3.05, 3.63) is 34.5 Å². The number of hydrogen-bond acceptors (Lipinski definition) is 11. The number of fused-ring (bicyclic) bond motifs is 1. The summed E-state index contributed by atoms with van der Waals surface area (Å²) in [6.07, 6.45) is 2.47. The third-order valence-corrected chi connectivity index (χ3v) is 5.98. The van der Waals surface area contributed by atoms with Crippen molar-refractivity contribution in [1.29, 1.82) is 0 Å². The molecule has 36 heavy (non-hydrogen) atoms. The van der Waals surface area contributed by atoms with E-state index < -0.39 is 35.9 Å². The van der Waals surface area contributed by atoms with Crippen LogP contribution in [-0.2, 0) is 11.3 Å². The minimum Gasteiger partial charge on any atom is -0.465 e. The highest BCUT2D eigenvalue weighted by molar-refractivity contribution is 5.81. The molecule has 4 rings (SSSR count).